The van der Waals surface area contributed by atoms with Gasteiger partial charge in [-0.2, -0.15) is 0 Å². The summed E-state index contributed by atoms with van der Waals surface area (Å²) < 4.78 is 22.1. The van der Waals surface area contributed by atoms with Crippen molar-refractivity contribution in [1.29, 1.82) is 0 Å². The lowest BCUT2D eigenvalue weighted by Crippen LogP contribution is -2.63. The maximum Gasteiger partial charge on any atom is 0.306 e. The van der Waals surface area contributed by atoms with Crippen LogP contribution in [0.25, 0.3) is 0 Å². The van der Waals surface area contributed by atoms with Crippen LogP contribution in [0.2, 0.25) is 0 Å². The first-order valence-electron chi connectivity index (χ1n) is 20.5. The molecule has 0 aromatic heterocycles. The second-order valence-corrected chi connectivity index (χ2v) is 14.9. The van der Waals surface area contributed by atoms with Crippen LogP contribution in [0.5, 0.6) is 0 Å². The first-order chi connectivity index (χ1) is 24.7. The van der Waals surface area contributed by atoms with Crippen molar-refractivity contribution in [1.82, 2.24) is 0 Å². The van der Waals surface area contributed by atoms with E-state index in [9.17, 15) is 40.5 Å². The van der Waals surface area contributed by atoms with Gasteiger partial charge in [-0.3, -0.25) is 4.79 Å². The molecule has 2 heterocycles. The Morgan fingerprint density at radius 2 is 0.961 bits per heavy atom. The summed E-state index contributed by atoms with van der Waals surface area (Å²) in [6.45, 7) is -0.0878. The molecule has 0 aromatic carbocycles. The van der Waals surface area contributed by atoms with E-state index in [0.29, 0.717) is 6.42 Å². The molecular formula is C39H74O12. The molecule has 0 spiro atoms. The molecule has 2 rings (SSSR count). The zero-order valence-corrected chi connectivity index (χ0v) is 31.6. The van der Waals surface area contributed by atoms with Gasteiger partial charge in [-0.25, -0.2) is 0 Å². The number of rotatable bonds is 31. The van der Waals surface area contributed by atoms with E-state index in [-0.39, 0.29) is 6.42 Å². The molecule has 7 N–H and O–H groups in total. The molecular weight excluding hydrogens is 660 g/mol. The predicted octanol–water partition coefficient (Wildman–Crippen LogP) is 4.93. The van der Waals surface area contributed by atoms with E-state index in [4.69, 9.17) is 18.9 Å². The van der Waals surface area contributed by atoms with Gasteiger partial charge >= 0.3 is 5.97 Å². The number of carbonyl (C=O) groups excluding carboxylic acids is 1. The van der Waals surface area contributed by atoms with E-state index in [1.54, 1.807) is 0 Å². The van der Waals surface area contributed by atoms with Gasteiger partial charge in [0.05, 0.1) is 13.2 Å². The largest absolute Gasteiger partial charge is 0.454 e. The fourth-order valence-corrected chi connectivity index (χ4v) is 7.21. The Balaban J connectivity index is 1.50. The summed E-state index contributed by atoms with van der Waals surface area (Å²) in [5.74, 6) is -2.90. The van der Waals surface area contributed by atoms with Crippen LogP contribution in [0.15, 0.2) is 0 Å². The first-order valence-corrected chi connectivity index (χ1v) is 20.5. The summed E-state index contributed by atoms with van der Waals surface area (Å²) in [7, 11) is 0. The smallest absolute Gasteiger partial charge is 0.306 e. The fraction of sp³-hybridized carbons (Fsp3) is 0.974. The Kier molecular flexibility index (Phi) is 25.0. The molecule has 51 heavy (non-hydrogen) atoms. The van der Waals surface area contributed by atoms with Gasteiger partial charge in [0.25, 0.3) is 0 Å². The van der Waals surface area contributed by atoms with Gasteiger partial charge in [0.2, 0.25) is 5.79 Å². The number of aliphatic hydroxyl groups is 7. The molecule has 0 unspecified atom stereocenters. The van der Waals surface area contributed by atoms with Crippen LogP contribution in [0.1, 0.15) is 167 Å². The van der Waals surface area contributed by atoms with Crippen molar-refractivity contribution >= 4 is 5.97 Å². The minimum Gasteiger partial charge on any atom is -0.454 e. The van der Waals surface area contributed by atoms with Crippen LogP contribution in [-0.2, 0) is 23.7 Å². The van der Waals surface area contributed by atoms with E-state index in [0.717, 1.165) is 19.3 Å². The van der Waals surface area contributed by atoms with Gasteiger partial charge in [-0.15, -0.1) is 0 Å². The lowest BCUT2D eigenvalue weighted by molar-refractivity contribution is -0.383. The van der Waals surface area contributed by atoms with E-state index >= 15 is 0 Å². The second-order valence-electron chi connectivity index (χ2n) is 14.9. The third-order valence-corrected chi connectivity index (χ3v) is 10.5. The molecule has 302 valence electrons. The zero-order valence-electron chi connectivity index (χ0n) is 31.6. The molecule has 0 saturated carbocycles. The number of ether oxygens (including phenoxy) is 4. The van der Waals surface area contributed by atoms with E-state index in [2.05, 4.69) is 6.92 Å². The molecule has 9 atom stereocenters. The molecule has 12 nitrogen and oxygen atoms in total. The summed E-state index contributed by atoms with van der Waals surface area (Å²) in [4.78, 5) is 12.7. The van der Waals surface area contributed by atoms with Crippen LogP contribution in [0.4, 0.5) is 0 Å². The number of hydrogen-bond acceptors (Lipinski definition) is 12. The predicted molar refractivity (Wildman–Crippen MR) is 194 cm³/mol. The molecule has 12 heteroatoms. The van der Waals surface area contributed by atoms with Gasteiger partial charge < -0.3 is 54.7 Å². The quantitative estimate of drug-likeness (QED) is 0.0376. The normalized spacial score (nSPS) is 29.5. The van der Waals surface area contributed by atoms with Crippen molar-refractivity contribution in [2.45, 2.75) is 222 Å². The summed E-state index contributed by atoms with van der Waals surface area (Å²) in [5, 5.41) is 70.7. The molecule has 2 aliphatic rings. The number of esters is 1. The summed E-state index contributed by atoms with van der Waals surface area (Å²) >= 11 is 0. The molecule has 0 amide bonds. The Hall–Kier alpha value is -0.930. The van der Waals surface area contributed by atoms with Crippen molar-refractivity contribution in [2.24, 2.45) is 0 Å². The number of aliphatic hydroxyl groups excluding tert-OH is 7. The van der Waals surface area contributed by atoms with E-state index in [1.165, 1.54) is 128 Å². The standard InChI is InChI=1S/C39H74O12/c1-2-3-4-5-6-7-8-9-10-11-12-13-14-15-16-17-18-19-20-21-22-23-24-25-26-32(43)49-37-34(45)31(28-41)50-39(37,29-42)51-38-36(47)35(46)33(44)30(27-40)48-38/h30-31,33-38,40-42,44-47H,2-29H2,1H3/t30-,31-,33-,34-,35+,36-,37+,38-,39+/m1/s1. The third-order valence-electron chi connectivity index (χ3n) is 10.5. The summed E-state index contributed by atoms with van der Waals surface area (Å²) in [5.41, 5.74) is 0. The van der Waals surface area contributed by atoms with Gasteiger partial charge in [0.1, 0.15) is 43.2 Å². The average molecular weight is 735 g/mol. The highest BCUT2D eigenvalue weighted by atomic mass is 16.8. The van der Waals surface area contributed by atoms with Crippen LogP contribution in [0.3, 0.4) is 0 Å². The SMILES string of the molecule is CCCCCCCCCCCCCCCCCCCCCCCCCCC(=O)O[C@H]1[C@H](O)[C@@H](CO)O[C@@]1(CO)O[C@H]1O[C@H](CO)[C@@H](O)[C@H](O)[C@H]1O. The minimum atomic E-state index is -2.25. The van der Waals surface area contributed by atoms with E-state index in [1.807, 2.05) is 0 Å². The molecule has 2 fully saturated rings. The first kappa shape index (κ1) is 46.2. The van der Waals surface area contributed by atoms with Gasteiger partial charge in [-0.05, 0) is 6.42 Å². The van der Waals surface area contributed by atoms with Crippen molar-refractivity contribution < 1.29 is 59.5 Å². The van der Waals surface area contributed by atoms with Crippen LogP contribution in [0, 0.1) is 0 Å². The van der Waals surface area contributed by atoms with Crippen molar-refractivity contribution in [3.05, 3.63) is 0 Å². The Bertz CT molecular complexity index is 862. The molecule has 0 aliphatic carbocycles. The maximum atomic E-state index is 12.7. The van der Waals surface area contributed by atoms with Crippen molar-refractivity contribution in [3.8, 4) is 0 Å². The molecule has 0 aromatic rings. The zero-order chi connectivity index (χ0) is 37.3. The molecule has 0 radical (unpaired) electrons. The molecule has 0 bridgehead atoms. The number of carbonyl (C=O) groups is 1. The monoisotopic (exact) mass is 735 g/mol. The van der Waals surface area contributed by atoms with Crippen molar-refractivity contribution in [2.75, 3.05) is 19.8 Å². The average Bonchev–Trinajstić information content (AvgIpc) is 3.39. The lowest BCUT2D eigenvalue weighted by Gasteiger charge is -2.43. The molecule has 2 saturated heterocycles. The Morgan fingerprint density at radius 3 is 1.35 bits per heavy atom. The fourth-order valence-electron chi connectivity index (χ4n) is 7.21. The van der Waals surface area contributed by atoms with Gasteiger partial charge in [0, 0.05) is 6.42 Å². The number of hydrogen-bond donors (Lipinski definition) is 7. The second kappa shape index (κ2) is 27.6. The number of unbranched alkanes of at least 4 members (excludes halogenated alkanes) is 23. The van der Waals surface area contributed by atoms with Crippen molar-refractivity contribution in [3.63, 3.8) is 0 Å². The van der Waals surface area contributed by atoms with E-state index < -0.39 is 80.6 Å². The maximum absolute atomic E-state index is 12.7. The van der Waals surface area contributed by atoms with Crippen LogP contribution in [-0.4, -0.2) is 116 Å². The van der Waals surface area contributed by atoms with Crippen LogP contribution < -0.4 is 0 Å². The highest BCUT2D eigenvalue weighted by Gasteiger charge is 2.60. The molecule has 2 aliphatic heterocycles. The Labute approximate surface area is 307 Å². The summed E-state index contributed by atoms with van der Waals surface area (Å²) in [6, 6.07) is 0. The highest BCUT2D eigenvalue weighted by molar-refractivity contribution is 5.69. The summed E-state index contributed by atoms with van der Waals surface area (Å²) in [6.07, 6.45) is 18.1. The minimum absolute atomic E-state index is 0.0633. The van der Waals surface area contributed by atoms with Gasteiger partial charge in [-0.1, -0.05) is 155 Å². The van der Waals surface area contributed by atoms with Crippen LogP contribution >= 0.6 is 0 Å². The third kappa shape index (κ3) is 17.0. The topological polar surface area (TPSA) is 196 Å². The lowest BCUT2D eigenvalue weighted by atomic mass is 9.99. The highest BCUT2D eigenvalue weighted by Crippen LogP contribution is 2.38. The van der Waals surface area contributed by atoms with Gasteiger partial charge in [0.15, 0.2) is 12.4 Å². The Morgan fingerprint density at radius 1 is 0.549 bits per heavy atom.